The summed E-state index contributed by atoms with van der Waals surface area (Å²) in [5.41, 5.74) is 2.25. The van der Waals surface area contributed by atoms with E-state index in [2.05, 4.69) is 5.32 Å². The van der Waals surface area contributed by atoms with Crippen LogP contribution in [0.1, 0.15) is 36.9 Å². The van der Waals surface area contributed by atoms with Gasteiger partial charge in [-0.3, -0.25) is 4.79 Å². The molecule has 1 atom stereocenters. The van der Waals surface area contributed by atoms with Gasteiger partial charge in [0.05, 0.1) is 10.9 Å². The number of nitrogens with zero attached hydrogens (tertiary/aromatic N) is 1. The van der Waals surface area contributed by atoms with Gasteiger partial charge >= 0.3 is 0 Å². The first-order valence-electron chi connectivity index (χ1n) is 10.7. The van der Waals surface area contributed by atoms with E-state index in [-0.39, 0.29) is 17.9 Å². The predicted molar refractivity (Wildman–Crippen MR) is 123 cm³/mol. The summed E-state index contributed by atoms with van der Waals surface area (Å²) in [4.78, 5) is 13.1. The summed E-state index contributed by atoms with van der Waals surface area (Å²) >= 11 is 0. The fraction of sp³-hybridized carbons (Fsp3) is 0.320. The van der Waals surface area contributed by atoms with Crippen LogP contribution in [-0.2, 0) is 14.8 Å². The summed E-state index contributed by atoms with van der Waals surface area (Å²) in [6, 6.07) is 20.9. The number of piperidine rings is 1. The molecule has 6 heteroatoms. The minimum Gasteiger partial charge on any atom is -0.349 e. The lowest BCUT2D eigenvalue weighted by atomic mass is 9.96. The molecule has 1 aliphatic heterocycles. The average molecular weight is 437 g/mol. The molecule has 0 aromatic heterocycles. The second-order valence-electron chi connectivity index (χ2n) is 8.27. The van der Waals surface area contributed by atoms with Gasteiger partial charge in [0.1, 0.15) is 0 Å². The monoisotopic (exact) mass is 436 g/mol. The van der Waals surface area contributed by atoms with Gasteiger partial charge in [-0.05, 0) is 60.7 Å². The number of hydrogen-bond acceptors (Lipinski definition) is 3. The highest BCUT2D eigenvalue weighted by Gasteiger charge is 2.32. The summed E-state index contributed by atoms with van der Waals surface area (Å²) in [5.74, 6) is -0.173. The predicted octanol–water partition coefficient (Wildman–Crippen LogP) is 4.43. The molecule has 3 aromatic carbocycles. The van der Waals surface area contributed by atoms with Crippen LogP contribution in [0.2, 0.25) is 0 Å². The third-order valence-electron chi connectivity index (χ3n) is 6.20. The van der Waals surface area contributed by atoms with Crippen LogP contribution in [0.5, 0.6) is 0 Å². The number of carbonyl (C=O) groups excluding carboxylic acids is 1. The highest BCUT2D eigenvalue weighted by molar-refractivity contribution is 7.89. The Bertz CT molecular complexity index is 1200. The Balaban J connectivity index is 1.40. The second kappa shape index (κ2) is 8.81. The van der Waals surface area contributed by atoms with Crippen LogP contribution in [0.3, 0.4) is 0 Å². The molecule has 162 valence electrons. The number of aryl methyl sites for hydroxylation is 1. The molecule has 0 bridgehead atoms. The topological polar surface area (TPSA) is 66.5 Å². The maximum absolute atomic E-state index is 13.1. The van der Waals surface area contributed by atoms with Crippen molar-refractivity contribution in [3.8, 4) is 0 Å². The minimum absolute atomic E-state index is 0.00138. The van der Waals surface area contributed by atoms with E-state index >= 15 is 0 Å². The first-order chi connectivity index (χ1) is 14.9. The normalized spacial score (nSPS) is 16.8. The molecular formula is C25H28N2O3S. The maximum Gasteiger partial charge on any atom is 0.243 e. The Morgan fingerprint density at radius 2 is 1.61 bits per heavy atom. The summed E-state index contributed by atoms with van der Waals surface area (Å²) in [6.45, 7) is 4.73. The summed E-state index contributed by atoms with van der Waals surface area (Å²) in [5, 5.41) is 5.02. The Labute approximate surface area is 184 Å². The summed E-state index contributed by atoms with van der Waals surface area (Å²) in [7, 11) is -3.57. The molecule has 1 saturated heterocycles. The zero-order valence-corrected chi connectivity index (χ0v) is 18.7. The number of hydrogen-bond donors (Lipinski definition) is 1. The van der Waals surface area contributed by atoms with Crippen LogP contribution in [0.25, 0.3) is 10.8 Å². The van der Waals surface area contributed by atoms with Crippen LogP contribution in [0.4, 0.5) is 0 Å². The number of fused-ring (bicyclic) bond motifs is 1. The Morgan fingerprint density at radius 1 is 0.968 bits per heavy atom. The quantitative estimate of drug-likeness (QED) is 0.644. The molecule has 0 spiro atoms. The molecule has 0 radical (unpaired) electrons. The Kier molecular flexibility index (Phi) is 6.12. The van der Waals surface area contributed by atoms with Crippen molar-refractivity contribution in [3.05, 3.63) is 77.9 Å². The molecule has 0 saturated carbocycles. The molecule has 1 N–H and O–H groups in total. The van der Waals surface area contributed by atoms with Gasteiger partial charge in [-0.25, -0.2) is 8.42 Å². The van der Waals surface area contributed by atoms with Crippen molar-refractivity contribution in [2.45, 2.75) is 37.6 Å². The molecule has 5 nitrogen and oxygen atoms in total. The SMILES string of the molecule is Cc1ccccc1C(C)NC(=O)C1CCN(S(=O)(=O)c2ccc3ccccc3c2)CC1. The average Bonchev–Trinajstić information content (AvgIpc) is 2.79. The molecule has 31 heavy (non-hydrogen) atoms. The van der Waals surface area contributed by atoms with E-state index in [9.17, 15) is 13.2 Å². The molecule has 1 amide bonds. The molecule has 1 fully saturated rings. The van der Waals surface area contributed by atoms with Crippen LogP contribution >= 0.6 is 0 Å². The van der Waals surface area contributed by atoms with E-state index in [4.69, 9.17) is 0 Å². The van der Waals surface area contributed by atoms with E-state index in [1.54, 1.807) is 12.1 Å². The van der Waals surface area contributed by atoms with E-state index < -0.39 is 10.0 Å². The van der Waals surface area contributed by atoms with Gasteiger partial charge in [-0.2, -0.15) is 4.31 Å². The first kappa shape index (κ1) is 21.5. The maximum atomic E-state index is 13.1. The molecular weight excluding hydrogens is 408 g/mol. The van der Waals surface area contributed by atoms with Gasteiger partial charge in [-0.1, -0.05) is 54.6 Å². The standard InChI is InChI=1S/C25H28N2O3S/c1-18-7-3-6-10-24(18)19(2)26-25(28)21-13-15-27(16-14-21)31(29,30)23-12-11-20-8-4-5-9-22(20)17-23/h3-12,17,19,21H,13-16H2,1-2H3,(H,26,28). The third kappa shape index (κ3) is 4.50. The van der Waals surface area contributed by atoms with Crippen LogP contribution in [-0.4, -0.2) is 31.7 Å². The third-order valence-corrected chi connectivity index (χ3v) is 8.09. The molecule has 3 aromatic rings. The van der Waals surface area contributed by atoms with Crippen molar-refractivity contribution >= 4 is 26.7 Å². The van der Waals surface area contributed by atoms with Gasteiger partial charge in [-0.15, -0.1) is 0 Å². The van der Waals surface area contributed by atoms with Gasteiger partial charge in [0.2, 0.25) is 15.9 Å². The lowest BCUT2D eigenvalue weighted by molar-refractivity contribution is -0.126. The lowest BCUT2D eigenvalue weighted by Gasteiger charge is -2.31. The number of carbonyl (C=O) groups is 1. The number of nitrogens with one attached hydrogen (secondary N) is 1. The van der Waals surface area contributed by atoms with Gasteiger partial charge < -0.3 is 5.32 Å². The highest BCUT2D eigenvalue weighted by Crippen LogP contribution is 2.27. The minimum atomic E-state index is -3.57. The van der Waals surface area contributed by atoms with Crippen LogP contribution < -0.4 is 5.32 Å². The van der Waals surface area contributed by atoms with Crippen LogP contribution in [0.15, 0.2) is 71.6 Å². The molecule has 0 aliphatic carbocycles. The summed E-state index contributed by atoms with van der Waals surface area (Å²) in [6.07, 6.45) is 1.05. The van der Waals surface area contributed by atoms with E-state index in [0.29, 0.717) is 30.8 Å². The van der Waals surface area contributed by atoms with Crippen molar-refractivity contribution in [2.24, 2.45) is 5.92 Å². The fourth-order valence-electron chi connectivity index (χ4n) is 4.32. The summed E-state index contributed by atoms with van der Waals surface area (Å²) < 4.78 is 27.8. The smallest absolute Gasteiger partial charge is 0.243 e. The van der Waals surface area contributed by atoms with Crippen molar-refractivity contribution < 1.29 is 13.2 Å². The first-order valence-corrected chi connectivity index (χ1v) is 12.1. The largest absolute Gasteiger partial charge is 0.349 e. The molecule has 1 unspecified atom stereocenters. The van der Waals surface area contributed by atoms with Crippen molar-refractivity contribution in [1.29, 1.82) is 0 Å². The van der Waals surface area contributed by atoms with E-state index in [1.807, 2.05) is 68.4 Å². The van der Waals surface area contributed by atoms with Gasteiger partial charge in [0, 0.05) is 19.0 Å². The highest BCUT2D eigenvalue weighted by atomic mass is 32.2. The fourth-order valence-corrected chi connectivity index (χ4v) is 5.82. The number of sulfonamides is 1. The van der Waals surface area contributed by atoms with Gasteiger partial charge in [0.25, 0.3) is 0 Å². The van der Waals surface area contributed by atoms with E-state index in [0.717, 1.165) is 21.9 Å². The molecule has 1 aliphatic rings. The molecule has 4 rings (SSSR count). The van der Waals surface area contributed by atoms with Crippen molar-refractivity contribution in [2.75, 3.05) is 13.1 Å². The van der Waals surface area contributed by atoms with Gasteiger partial charge in [0.15, 0.2) is 0 Å². The van der Waals surface area contributed by atoms with Crippen molar-refractivity contribution in [1.82, 2.24) is 9.62 Å². The number of rotatable bonds is 5. The number of amides is 1. The Hall–Kier alpha value is -2.70. The lowest BCUT2D eigenvalue weighted by Crippen LogP contribution is -2.43. The van der Waals surface area contributed by atoms with Crippen molar-refractivity contribution in [3.63, 3.8) is 0 Å². The molecule has 1 heterocycles. The number of benzene rings is 3. The second-order valence-corrected chi connectivity index (χ2v) is 10.2. The zero-order valence-electron chi connectivity index (χ0n) is 17.9. The Morgan fingerprint density at radius 3 is 2.32 bits per heavy atom. The van der Waals surface area contributed by atoms with Crippen LogP contribution in [0, 0.1) is 12.8 Å². The van der Waals surface area contributed by atoms with E-state index in [1.165, 1.54) is 4.31 Å². The zero-order chi connectivity index (χ0) is 22.0.